The smallest absolute Gasteiger partial charge is 0.417 e. The minimum atomic E-state index is -4.46. The maximum atomic E-state index is 12.7. The molecule has 0 unspecified atom stereocenters. The van der Waals surface area contributed by atoms with Gasteiger partial charge in [0, 0.05) is 37.1 Å². The molecule has 2 aromatic rings. The Labute approximate surface area is 186 Å². The van der Waals surface area contributed by atoms with Gasteiger partial charge in [-0.2, -0.15) is 13.2 Å². The number of benzene rings is 1. The molecule has 0 radical (unpaired) electrons. The van der Waals surface area contributed by atoms with Crippen LogP contribution in [0, 0.1) is 16.0 Å². The van der Waals surface area contributed by atoms with Gasteiger partial charge >= 0.3 is 12.1 Å². The molecule has 176 valence electrons. The van der Waals surface area contributed by atoms with Crippen molar-refractivity contribution in [3.05, 3.63) is 58.3 Å². The molecule has 0 aliphatic carbocycles. The molecule has 1 N–H and O–H groups in total. The summed E-state index contributed by atoms with van der Waals surface area (Å²) in [6.45, 7) is 2.19. The maximum Gasteiger partial charge on any atom is 0.417 e. The first kappa shape index (κ1) is 24.0. The lowest BCUT2D eigenvalue weighted by Crippen LogP contribution is -2.39. The van der Waals surface area contributed by atoms with Gasteiger partial charge in [0.15, 0.2) is 6.10 Å². The molecular weight excluding hydrogens is 445 g/mol. The number of ether oxygens (including phenoxy) is 1. The number of rotatable bonds is 6. The van der Waals surface area contributed by atoms with E-state index in [0.29, 0.717) is 31.7 Å². The highest BCUT2D eigenvalue weighted by Crippen LogP contribution is 2.30. The summed E-state index contributed by atoms with van der Waals surface area (Å²) < 4.78 is 43.3. The first-order chi connectivity index (χ1) is 15.5. The number of amides is 1. The summed E-state index contributed by atoms with van der Waals surface area (Å²) in [5.41, 5.74) is -0.816. The molecule has 1 aliphatic rings. The van der Waals surface area contributed by atoms with Gasteiger partial charge in [0.05, 0.1) is 16.4 Å². The quantitative estimate of drug-likeness (QED) is 0.391. The molecule has 1 aromatic heterocycles. The van der Waals surface area contributed by atoms with Crippen molar-refractivity contribution in [1.82, 2.24) is 4.98 Å². The van der Waals surface area contributed by atoms with Crippen molar-refractivity contribution in [2.24, 2.45) is 5.92 Å². The lowest BCUT2D eigenvalue weighted by Gasteiger charge is -2.32. The fourth-order valence-corrected chi connectivity index (χ4v) is 3.35. The van der Waals surface area contributed by atoms with E-state index >= 15 is 0 Å². The summed E-state index contributed by atoms with van der Waals surface area (Å²) in [6.07, 6.45) is -4.02. The van der Waals surface area contributed by atoms with Gasteiger partial charge in [0.2, 0.25) is 0 Å². The third-order valence-corrected chi connectivity index (χ3v) is 5.21. The maximum absolute atomic E-state index is 12.7. The third-order valence-electron chi connectivity index (χ3n) is 5.21. The van der Waals surface area contributed by atoms with Crippen LogP contribution in [-0.4, -0.2) is 41.0 Å². The molecule has 0 saturated carbocycles. The van der Waals surface area contributed by atoms with Gasteiger partial charge in [-0.15, -0.1) is 0 Å². The second-order valence-corrected chi connectivity index (χ2v) is 7.54. The molecular formula is C21H21F3N4O5. The topological polar surface area (TPSA) is 115 Å². The number of aromatic nitrogens is 1. The van der Waals surface area contributed by atoms with Gasteiger partial charge in [-0.05, 0) is 38.0 Å². The van der Waals surface area contributed by atoms with E-state index in [9.17, 15) is 32.9 Å². The molecule has 0 bridgehead atoms. The van der Waals surface area contributed by atoms with Crippen molar-refractivity contribution in [2.45, 2.75) is 32.0 Å². The minimum Gasteiger partial charge on any atom is -0.452 e. The van der Waals surface area contributed by atoms with E-state index in [2.05, 4.69) is 10.3 Å². The van der Waals surface area contributed by atoms with E-state index in [1.54, 1.807) is 4.90 Å². The zero-order chi connectivity index (χ0) is 24.2. The highest BCUT2D eigenvalue weighted by atomic mass is 19.4. The molecule has 1 aromatic carbocycles. The molecule has 1 atom stereocenters. The molecule has 0 spiro atoms. The summed E-state index contributed by atoms with van der Waals surface area (Å²) in [5, 5.41) is 13.3. The number of hydrogen-bond donors (Lipinski definition) is 1. The van der Waals surface area contributed by atoms with Crippen molar-refractivity contribution < 1.29 is 32.4 Å². The van der Waals surface area contributed by atoms with Gasteiger partial charge < -0.3 is 15.0 Å². The van der Waals surface area contributed by atoms with Crippen LogP contribution in [0.25, 0.3) is 0 Å². The largest absolute Gasteiger partial charge is 0.452 e. The number of nitrogens with one attached hydrogen (secondary N) is 1. The molecule has 9 nitrogen and oxygen atoms in total. The van der Waals surface area contributed by atoms with Crippen LogP contribution in [-0.2, 0) is 20.5 Å². The predicted molar refractivity (Wildman–Crippen MR) is 111 cm³/mol. The molecule has 2 heterocycles. The number of non-ortho nitro benzene ring substituents is 1. The summed E-state index contributed by atoms with van der Waals surface area (Å²) in [6, 6.07) is 7.63. The van der Waals surface area contributed by atoms with E-state index < -0.39 is 40.6 Å². The summed E-state index contributed by atoms with van der Waals surface area (Å²) >= 11 is 0. The number of anilines is 2. The Morgan fingerprint density at radius 1 is 1.24 bits per heavy atom. The number of nitro benzene ring substituents is 1. The lowest BCUT2D eigenvalue weighted by atomic mass is 9.97. The Morgan fingerprint density at radius 3 is 2.52 bits per heavy atom. The lowest BCUT2D eigenvalue weighted by molar-refractivity contribution is -0.384. The van der Waals surface area contributed by atoms with Crippen LogP contribution in [0.5, 0.6) is 0 Å². The van der Waals surface area contributed by atoms with E-state index in [1.165, 1.54) is 37.3 Å². The van der Waals surface area contributed by atoms with Gasteiger partial charge in [-0.1, -0.05) is 6.07 Å². The molecule has 3 rings (SSSR count). The van der Waals surface area contributed by atoms with E-state index in [-0.39, 0.29) is 11.4 Å². The van der Waals surface area contributed by atoms with Crippen molar-refractivity contribution in [2.75, 3.05) is 23.3 Å². The fourth-order valence-electron chi connectivity index (χ4n) is 3.35. The Hall–Kier alpha value is -3.70. The average molecular weight is 466 g/mol. The minimum absolute atomic E-state index is 0.188. The molecule has 1 saturated heterocycles. The first-order valence-corrected chi connectivity index (χ1v) is 10.1. The second-order valence-electron chi connectivity index (χ2n) is 7.54. The van der Waals surface area contributed by atoms with Crippen LogP contribution < -0.4 is 10.2 Å². The zero-order valence-corrected chi connectivity index (χ0v) is 17.5. The number of hydrogen-bond acceptors (Lipinski definition) is 7. The molecule has 1 fully saturated rings. The SMILES string of the molecule is C[C@H](OC(=O)C1CCN(c2ccc(C(F)(F)F)cn2)CC1)C(=O)Nc1cccc([N+](=O)[O-])c1. The van der Waals surface area contributed by atoms with Crippen LogP contribution in [0.3, 0.4) is 0 Å². The highest BCUT2D eigenvalue weighted by Gasteiger charge is 2.32. The van der Waals surface area contributed by atoms with Crippen molar-refractivity contribution in [1.29, 1.82) is 0 Å². The average Bonchev–Trinajstić information content (AvgIpc) is 2.78. The Morgan fingerprint density at radius 2 is 1.94 bits per heavy atom. The predicted octanol–water partition coefficient (Wildman–Crippen LogP) is 3.80. The number of nitro groups is 1. The van der Waals surface area contributed by atoms with Gasteiger partial charge in [0.25, 0.3) is 11.6 Å². The number of carbonyl (C=O) groups is 2. The summed E-state index contributed by atoms with van der Waals surface area (Å²) in [5.74, 6) is -1.27. The third kappa shape index (κ3) is 6.18. The summed E-state index contributed by atoms with van der Waals surface area (Å²) in [7, 11) is 0. The molecule has 12 heteroatoms. The van der Waals surface area contributed by atoms with E-state index in [4.69, 9.17) is 4.74 Å². The van der Waals surface area contributed by atoms with Crippen molar-refractivity contribution >= 4 is 29.1 Å². The van der Waals surface area contributed by atoms with Crippen molar-refractivity contribution in [3.8, 4) is 0 Å². The van der Waals surface area contributed by atoms with Gasteiger partial charge in [0.1, 0.15) is 5.82 Å². The number of nitrogens with zero attached hydrogens (tertiary/aromatic N) is 3. The Bertz CT molecular complexity index is 1020. The Kier molecular flexibility index (Phi) is 7.14. The van der Waals surface area contributed by atoms with Crippen LogP contribution in [0.2, 0.25) is 0 Å². The normalized spacial score (nSPS) is 15.6. The molecule has 1 aliphatic heterocycles. The van der Waals surface area contributed by atoms with Crippen LogP contribution >= 0.6 is 0 Å². The molecule has 33 heavy (non-hydrogen) atoms. The van der Waals surface area contributed by atoms with Gasteiger partial charge in [-0.25, -0.2) is 4.98 Å². The highest BCUT2D eigenvalue weighted by molar-refractivity contribution is 5.95. The standard InChI is InChI=1S/C21H21F3N4O5/c1-13(19(29)26-16-3-2-4-17(11-16)28(31)32)33-20(30)14-7-9-27(10-8-14)18-6-5-15(12-25-18)21(22,23)24/h2-6,11-14H,7-10H2,1H3,(H,26,29)/t13-/m0/s1. The fraction of sp³-hybridized carbons (Fsp3) is 0.381. The van der Waals surface area contributed by atoms with E-state index in [1.807, 2.05) is 0 Å². The number of halogens is 3. The zero-order valence-electron chi connectivity index (χ0n) is 17.5. The van der Waals surface area contributed by atoms with Gasteiger partial charge in [-0.3, -0.25) is 19.7 Å². The Balaban J connectivity index is 1.49. The van der Waals surface area contributed by atoms with E-state index in [0.717, 1.165) is 12.3 Å². The van der Waals surface area contributed by atoms with Crippen molar-refractivity contribution in [3.63, 3.8) is 0 Å². The number of alkyl halides is 3. The van der Waals surface area contributed by atoms with Crippen LogP contribution in [0.4, 0.5) is 30.4 Å². The number of esters is 1. The number of carbonyl (C=O) groups excluding carboxylic acids is 2. The van der Waals surface area contributed by atoms with Crippen LogP contribution in [0.15, 0.2) is 42.6 Å². The van der Waals surface area contributed by atoms with Crippen LogP contribution in [0.1, 0.15) is 25.3 Å². The number of pyridine rings is 1. The number of piperidine rings is 1. The molecule has 1 amide bonds. The second kappa shape index (κ2) is 9.84. The summed E-state index contributed by atoms with van der Waals surface area (Å²) in [4.78, 5) is 40.6. The first-order valence-electron chi connectivity index (χ1n) is 10.1. The monoisotopic (exact) mass is 466 g/mol.